The third-order valence-corrected chi connectivity index (χ3v) is 5.58. The predicted molar refractivity (Wildman–Crippen MR) is 98.3 cm³/mol. The van der Waals surface area contributed by atoms with E-state index in [-0.39, 0.29) is 5.91 Å². The average molecular weight is 336 g/mol. The number of benzene rings is 1. The zero-order valence-corrected chi connectivity index (χ0v) is 15.4. The third-order valence-electron chi connectivity index (χ3n) is 4.19. The number of carbonyl (C=O) groups excluding carboxylic acids is 1. The van der Waals surface area contributed by atoms with Gasteiger partial charge in [0.15, 0.2) is 6.10 Å². The van der Waals surface area contributed by atoms with E-state index in [1.807, 2.05) is 44.7 Å². The molecular weight excluding hydrogens is 306 g/mol. The highest BCUT2D eigenvalue weighted by Crippen LogP contribution is 2.28. The van der Waals surface area contributed by atoms with Gasteiger partial charge in [-0.1, -0.05) is 25.8 Å². The number of rotatable bonds is 8. The topological polar surface area (TPSA) is 38.3 Å². The van der Waals surface area contributed by atoms with Crippen LogP contribution in [-0.2, 0) is 4.79 Å². The van der Waals surface area contributed by atoms with Crippen LogP contribution in [0.5, 0.6) is 5.75 Å². The monoisotopic (exact) mass is 335 g/mol. The minimum absolute atomic E-state index is 0.00122. The molecule has 0 spiro atoms. The first kappa shape index (κ1) is 18.2. The summed E-state index contributed by atoms with van der Waals surface area (Å²) in [5, 5.41) is 3.83. The van der Waals surface area contributed by atoms with Crippen LogP contribution >= 0.6 is 11.8 Å². The Morgan fingerprint density at radius 2 is 1.91 bits per heavy atom. The molecule has 1 N–H and O–H groups in total. The molecule has 1 unspecified atom stereocenters. The predicted octanol–water partition coefficient (Wildman–Crippen LogP) is 4.25. The van der Waals surface area contributed by atoms with Crippen molar-refractivity contribution in [1.29, 1.82) is 0 Å². The van der Waals surface area contributed by atoms with Gasteiger partial charge in [-0.2, -0.15) is 11.8 Å². The molecule has 0 bridgehead atoms. The molecule has 4 heteroatoms. The lowest BCUT2D eigenvalue weighted by Crippen LogP contribution is -2.39. The molecule has 0 aromatic heterocycles. The smallest absolute Gasteiger partial charge is 0.261 e. The van der Waals surface area contributed by atoms with Crippen LogP contribution in [0.3, 0.4) is 0 Å². The molecule has 1 aromatic carbocycles. The molecule has 1 aromatic rings. The largest absolute Gasteiger partial charge is 0.481 e. The van der Waals surface area contributed by atoms with Crippen LogP contribution in [0, 0.1) is 13.8 Å². The minimum Gasteiger partial charge on any atom is -0.481 e. The zero-order valence-electron chi connectivity index (χ0n) is 14.6. The second kappa shape index (κ2) is 9.21. The van der Waals surface area contributed by atoms with Crippen LogP contribution < -0.4 is 10.1 Å². The molecule has 1 aliphatic carbocycles. The van der Waals surface area contributed by atoms with E-state index >= 15 is 0 Å². The Morgan fingerprint density at radius 1 is 1.26 bits per heavy atom. The lowest BCUT2D eigenvalue weighted by molar-refractivity contribution is -0.127. The maximum Gasteiger partial charge on any atom is 0.261 e. The van der Waals surface area contributed by atoms with Crippen LogP contribution in [0.2, 0.25) is 0 Å². The summed E-state index contributed by atoms with van der Waals surface area (Å²) in [6.07, 6.45) is 5.68. The number of nitrogens with one attached hydrogen (secondary N) is 1. The number of hydrogen-bond donors (Lipinski definition) is 1. The minimum atomic E-state index is -0.410. The van der Waals surface area contributed by atoms with Crippen molar-refractivity contribution in [2.75, 3.05) is 12.3 Å². The lowest BCUT2D eigenvalue weighted by Gasteiger charge is -2.18. The fraction of sp³-hybridized carbons (Fsp3) is 0.632. The number of carbonyl (C=O) groups is 1. The molecule has 2 rings (SSSR count). The summed E-state index contributed by atoms with van der Waals surface area (Å²) in [4.78, 5) is 12.3. The molecule has 0 aliphatic heterocycles. The first-order chi connectivity index (χ1) is 11.1. The van der Waals surface area contributed by atoms with Gasteiger partial charge in [-0.15, -0.1) is 0 Å². The SMILES string of the molecule is CCC(Oc1cc(C)cc(C)c1)C(=O)NCCSC1CCCC1. The molecule has 3 nitrogen and oxygen atoms in total. The van der Waals surface area contributed by atoms with Crippen LogP contribution in [0.1, 0.15) is 50.2 Å². The third kappa shape index (κ3) is 6.09. The molecule has 0 saturated heterocycles. The standard InChI is InChI=1S/C19H29NO2S/c1-4-18(22-16-12-14(2)11-15(3)13-16)19(21)20-9-10-23-17-7-5-6-8-17/h11-13,17-18H,4-10H2,1-3H3,(H,20,21). The van der Waals surface area contributed by atoms with Crippen molar-refractivity contribution < 1.29 is 9.53 Å². The highest BCUT2D eigenvalue weighted by atomic mass is 32.2. The molecule has 1 amide bonds. The molecule has 128 valence electrons. The van der Waals surface area contributed by atoms with Gasteiger partial charge in [0.05, 0.1) is 0 Å². The van der Waals surface area contributed by atoms with Gasteiger partial charge in [0, 0.05) is 17.5 Å². The Labute approximate surface area is 144 Å². The first-order valence-electron chi connectivity index (χ1n) is 8.72. The van der Waals surface area contributed by atoms with Crippen molar-refractivity contribution in [3.63, 3.8) is 0 Å². The van der Waals surface area contributed by atoms with Crippen LogP contribution in [0.4, 0.5) is 0 Å². The Kier molecular flexibility index (Phi) is 7.28. The van der Waals surface area contributed by atoms with Gasteiger partial charge in [-0.3, -0.25) is 4.79 Å². The van der Waals surface area contributed by atoms with Gasteiger partial charge >= 0.3 is 0 Å². The molecular formula is C19H29NO2S. The number of hydrogen-bond acceptors (Lipinski definition) is 3. The number of thioether (sulfide) groups is 1. The molecule has 1 saturated carbocycles. The van der Waals surface area contributed by atoms with Crippen LogP contribution in [-0.4, -0.2) is 29.6 Å². The van der Waals surface area contributed by atoms with Crippen LogP contribution in [0.15, 0.2) is 18.2 Å². The number of aryl methyl sites for hydroxylation is 2. The van der Waals surface area contributed by atoms with Gasteiger partial charge in [-0.05, 0) is 56.4 Å². The van der Waals surface area contributed by atoms with Crippen LogP contribution in [0.25, 0.3) is 0 Å². The summed E-state index contributed by atoms with van der Waals surface area (Å²) in [5.41, 5.74) is 2.31. The zero-order chi connectivity index (χ0) is 16.7. The Hall–Kier alpha value is -1.16. The quantitative estimate of drug-likeness (QED) is 0.722. The van der Waals surface area contributed by atoms with Crippen molar-refractivity contribution >= 4 is 17.7 Å². The van der Waals surface area contributed by atoms with Crippen molar-refractivity contribution in [2.45, 2.75) is 64.2 Å². The van der Waals surface area contributed by atoms with Crippen molar-refractivity contribution in [3.8, 4) is 5.75 Å². The molecule has 0 radical (unpaired) electrons. The van der Waals surface area contributed by atoms with E-state index in [0.29, 0.717) is 6.42 Å². The molecule has 0 heterocycles. The van der Waals surface area contributed by atoms with E-state index in [1.54, 1.807) is 0 Å². The van der Waals surface area contributed by atoms with Crippen molar-refractivity contribution in [2.24, 2.45) is 0 Å². The van der Waals surface area contributed by atoms with E-state index in [2.05, 4.69) is 11.4 Å². The molecule has 1 aliphatic rings. The summed E-state index contributed by atoms with van der Waals surface area (Å²) in [5.74, 6) is 1.78. The fourth-order valence-electron chi connectivity index (χ4n) is 3.06. The highest BCUT2D eigenvalue weighted by molar-refractivity contribution is 7.99. The first-order valence-corrected chi connectivity index (χ1v) is 9.77. The maximum atomic E-state index is 12.3. The van der Waals surface area contributed by atoms with E-state index in [0.717, 1.165) is 34.4 Å². The van der Waals surface area contributed by atoms with Crippen molar-refractivity contribution in [1.82, 2.24) is 5.32 Å². The summed E-state index contributed by atoms with van der Waals surface area (Å²) < 4.78 is 5.90. The fourth-order valence-corrected chi connectivity index (χ4v) is 4.28. The summed E-state index contributed by atoms with van der Waals surface area (Å²) in [6, 6.07) is 6.08. The molecule has 1 fully saturated rings. The summed E-state index contributed by atoms with van der Waals surface area (Å²) >= 11 is 2.00. The van der Waals surface area contributed by atoms with Gasteiger partial charge < -0.3 is 10.1 Å². The van der Waals surface area contributed by atoms with E-state index in [9.17, 15) is 4.79 Å². The van der Waals surface area contributed by atoms with Gasteiger partial charge in [0.25, 0.3) is 5.91 Å². The highest BCUT2D eigenvalue weighted by Gasteiger charge is 2.19. The molecule has 23 heavy (non-hydrogen) atoms. The van der Waals surface area contributed by atoms with E-state index < -0.39 is 6.10 Å². The van der Waals surface area contributed by atoms with E-state index in [4.69, 9.17) is 4.74 Å². The van der Waals surface area contributed by atoms with Gasteiger partial charge in [-0.25, -0.2) is 0 Å². The summed E-state index contributed by atoms with van der Waals surface area (Å²) in [6.45, 7) is 6.80. The van der Waals surface area contributed by atoms with E-state index in [1.165, 1.54) is 25.7 Å². The summed E-state index contributed by atoms with van der Waals surface area (Å²) in [7, 11) is 0. The second-order valence-corrected chi connectivity index (χ2v) is 7.81. The Morgan fingerprint density at radius 3 is 2.52 bits per heavy atom. The Bertz CT molecular complexity index is 492. The van der Waals surface area contributed by atoms with Gasteiger partial charge in [0.1, 0.15) is 5.75 Å². The maximum absolute atomic E-state index is 12.3. The Balaban J connectivity index is 1.76. The number of amides is 1. The van der Waals surface area contributed by atoms with Gasteiger partial charge in [0.2, 0.25) is 0 Å². The number of ether oxygens (including phenoxy) is 1. The van der Waals surface area contributed by atoms with Crippen molar-refractivity contribution in [3.05, 3.63) is 29.3 Å². The second-order valence-electron chi connectivity index (χ2n) is 6.41. The average Bonchev–Trinajstić information content (AvgIpc) is 3.01. The molecule has 1 atom stereocenters. The lowest BCUT2D eigenvalue weighted by atomic mass is 10.1. The normalized spacial score (nSPS) is 16.3.